The van der Waals surface area contributed by atoms with Crippen LogP contribution in [-0.4, -0.2) is 25.1 Å². The number of rotatable bonds is 5. The molecular formula is C19H26N2S2. The topological polar surface area (TPSA) is 17.8 Å². The predicted molar refractivity (Wildman–Crippen MR) is 103 cm³/mol. The fraction of sp³-hybridized carbons (Fsp3) is 0.526. The van der Waals surface area contributed by atoms with Crippen molar-refractivity contribution in [3.05, 3.63) is 53.6 Å². The van der Waals surface area contributed by atoms with Crippen LogP contribution >= 0.6 is 23.5 Å². The summed E-state index contributed by atoms with van der Waals surface area (Å²) in [6.07, 6.45) is 8.32. The van der Waals surface area contributed by atoms with E-state index in [2.05, 4.69) is 78.2 Å². The van der Waals surface area contributed by atoms with Crippen LogP contribution in [-0.2, 0) is 13.0 Å². The van der Waals surface area contributed by atoms with E-state index in [-0.39, 0.29) is 4.08 Å². The zero-order valence-corrected chi connectivity index (χ0v) is 15.9. The van der Waals surface area contributed by atoms with Gasteiger partial charge in [0.25, 0.3) is 0 Å². The monoisotopic (exact) mass is 346 g/mol. The first-order chi connectivity index (χ1) is 11.1. The van der Waals surface area contributed by atoms with Gasteiger partial charge in [0.1, 0.15) is 0 Å². The van der Waals surface area contributed by atoms with Gasteiger partial charge in [0.05, 0.1) is 10.4 Å². The number of benzene rings is 1. The summed E-state index contributed by atoms with van der Waals surface area (Å²) in [5, 5.41) is 0. The molecule has 3 rings (SSSR count). The Balaban J connectivity index is 1.73. The summed E-state index contributed by atoms with van der Waals surface area (Å²) in [7, 11) is 0. The average molecular weight is 347 g/mol. The molecule has 1 aliphatic heterocycles. The highest BCUT2D eigenvalue weighted by Gasteiger charge is 2.36. The zero-order chi connectivity index (χ0) is 16.3. The van der Waals surface area contributed by atoms with Crippen LogP contribution in [0.3, 0.4) is 0 Å². The Morgan fingerprint density at radius 2 is 2.04 bits per heavy atom. The van der Waals surface area contributed by atoms with Crippen molar-refractivity contribution in [2.45, 2.75) is 44.2 Å². The molecule has 0 atom stereocenters. The highest BCUT2D eigenvalue weighted by Crippen LogP contribution is 2.48. The first kappa shape index (κ1) is 17.0. The summed E-state index contributed by atoms with van der Waals surface area (Å²) in [5.41, 5.74) is 4.29. The van der Waals surface area contributed by atoms with Crippen molar-refractivity contribution in [3.63, 3.8) is 0 Å². The van der Waals surface area contributed by atoms with Crippen LogP contribution in [0.4, 0.5) is 0 Å². The number of hydrogen-bond donors (Lipinski definition) is 0. The SMILES string of the molecule is Cc1ccc(CCC2(Cn3ccnc3)SCC(C)CS2)c(C)c1. The van der Waals surface area contributed by atoms with E-state index in [0.717, 1.165) is 18.9 Å². The number of hydrogen-bond acceptors (Lipinski definition) is 3. The quantitative estimate of drug-likeness (QED) is 0.763. The fourth-order valence-corrected chi connectivity index (χ4v) is 6.38. The Kier molecular flexibility index (Phi) is 5.42. The molecule has 0 N–H and O–H groups in total. The van der Waals surface area contributed by atoms with E-state index < -0.39 is 0 Å². The Labute approximate surface area is 148 Å². The van der Waals surface area contributed by atoms with Crippen molar-refractivity contribution in [2.24, 2.45) is 5.92 Å². The molecule has 1 saturated heterocycles. The lowest BCUT2D eigenvalue weighted by Gasteiger charge is -2.38. The molecule has 1 aromatic heterocycles. The van der Waals surface area contributed by atoms with E-state index in [4.69, 9.17) is 0 Å². The molecular weight excluding hydrogens is 320 g/mol. The number of thioether (sulfide) groups is 2. The van der Waals surface area contributed by atoms with Gasteiger partial charge in [-0.3, -0.25) is 0 Å². The summed E-state index contributed by atoms with van der Waals surface area (Å²) >= 11 is 4.32. The molecule has 4 heteroatoms. The minimum atomic E-state index is 0.282. The van der Waals surface area contributed by atoms with Crippen LogP contribution in [0, 0.1) is 19.8 Å². The number of aromatic nitrogens is 2. The number of imidazole rings is 1. The van der Waals surface area contributed by atoms with Crippen LogP contribution in [0.1, 0.15) is 30.0 Å². The summed E-state index contributed by atoms with van der Waals surface area (Å²) < 4.78 is 2.53. The maximum absolute atomic E-state index is 4.22. The van der Waals surface area contributed by atoms with Gasteiger partial charge in [0.15, 0.2) is 0 Å². The normalized spacial score (nSPS) is 24.7. The van der Waals surface area contributed by atoms with Crippen LogP contribution in [0.5, 0.6) is 0 Å². The molecule has 0 bridgehead atoms. The molecule has 2 nitrogen and oxygen atoms in total. The van der Waals surface area contributed by atoms with Crippen molar-refractivity contribution < 1.29 is 0 Å². The molecule has 1 fully saturated rings. The average Bonchev–Trinajstić information content (AvgIpc) is 3.02. The van der Waals surface area contributed by atoms with Crippen molar-refractivity contribution in [1.82, 2.24) is 9.55 Å². The van der Waals surface area contributed by atoms with Crippen molar-refractivity contribution in [3.8, 4) is 0 Å². The molecule has 1 aromatic carbocycles. The molecule has 0 saturated carbocycles. The first-order valence-corrected chi connectivity index (χ1v) is 10.3. The molecule has 0 aliphatic carbocycles. The van der Waals surface area contributed by atoms with E-state index in [1.807, 2.05) is 12.5 Å². The van der Waals surface area contributed by atoms with E-state index >= 15 is 0 Å². The lowest BCUT2D eigenvalue weighted by atomic mass is 10.0. The van der Waals surface area contributed by atoms with Crippen LogP contribution in [0.15, 0.2) is 36.9 Å². The van der Waals surface area contributed by atoms with Gasteiger partial charge in [-0.2, -0.15) is 0 Å². The number of nitrogens with zero attached hydrogens (tertiary/aromatic N) is 2. The van der Waals surface area contributed by atoms with Gasteiger partial charge >= 0.3 is 0 Å². The van der Waals surface area contributed by atoms with Crippen molar-refractivity contribution in [1.29, 1.82) is 0 Å². The Morgan fingerprint density at radius 1 is 1.26 bits per heavy atom. The van der Waals surface area contributed by atoms with E-state index in [0.29, 0.717) is 0 Å². The molecule has 0 spiro atoms. The summed E-state index contributed by atoms with van der Waals surface area (Å²) in [4.78, 5) is 4.22. The molecule has 124 valence electrons. The maximum Gasteiger partial charge on any atom is 0.0946 e. The molecule has 2 aromatic rings. The maximum atomic E-state index is 4.22. The third kappa shape index (κ3) is 4.36. The van der Waals surface area contributed by atoms with Gasteiger partial charge in [-0.25, -0.2) is 4.98 Å². The van der Waals surface area contributed by atoms with Crippen molar-refractivity contribution >= 4 is 23.5 Å². The van der Waals surface area contributed by atoms with E-state index in [1.54, 1.807) is 0 Å². The highest BCUT2D eigenvalue weighted by molar-refractivity contribution is 8.18. The lowest BCUT2D eigenvalue weighted by molar-refractivity contribution is 0.577. The van der Waals surface area contributed by atoms with Gasteiger partial charge in [-0.15, -0.1) is 23.5 Å². The standard InChI is InChI=1S/C19H26N2S2/c1-15-4-5-18(17(3)10-15)6-7-19(13-21-9-8-20-14-21)22-11-16(2)12-23-19/h4-5,8-10,14,16H,6-7,11-13H2,1-3H3. The van der Waals surface area contributed by atoms with Crippen LogP contribution in [0.2, 0.25) is 0 Å². The van der Waals surface area contributed by atoms with Gasteiger partial charge in [0.2, 0.25) is 0 Å². The summed E-state index contributed by atoms with van der Waals surface area (Å²) in [6, 6.07) is 6.87. The van der Waals surface area contributed by atoms with Gasteiger partial charge < -0.3 is 4.57 Å². The molecule has 0 unspecified atom stereocenters. The highest BCUT2D eigenvalue weighted by atomic mass is 32.2. The summed E-state index contributed by atoms with van der Waals surface area (Å²) in [5.74, 6) is 3.37. The second kappa shape index (κ2) is 7.35. The first-order valence-electron chi connectivity index (χ1n) is 8.36. The Hall–Kier alpha value is -0.870. The molecule has 2 heterocycles. The molecule has 0 radical (unpaired) electrons. The minimum absolute atomic E-state index is 0.282. The fourth-order valence-electron chi connectivity index (χ4n) is 3.10. The Bertz CT molecular complexity index is 629. The second-order valence-corrected chi connectivity index (χ2v) is 9.87. The Morgan fingerprint density at radius 3 is 2.70 bits per heavy atom. The minimum Gasteiger partial charge on any atom is -0.335 e. The molecule has 23 heavy (non-hydrogen) atoms. The second-order valence-electron chi connectivity index (χ2n) is 6.80. The van der Waals surface area contributed by atoms with Crippen LogP contribution < -0.4 is 0 Å². The van der Waals surface area contributed by atoms with Gasteiger partial charge in [0, 0.05) is 18.9 Å². The van der Waals surface area contributed by atoms with Gasteiger partial charge in [-0.1, -0.05) is 30.7 Å². The molecule has 0 amide bonds. The zero-order valence-electron chi connectivity index (χ0n) is 14.3. The van der Waals surface area contributed by atoms with Crippen molar-refractivity contribution in [2.75, 3.05) is 11.5 Å². The summed E-state index contributed by atoms with van der Waals surface area (Å²) in [6.45, 7) is 7.84. The van der Waals surface area contributed by atoms with Crippen LogP contribution in [0.25, 0.3) is 0 Å². The predicted octanol–water partition coefficient (Wildman–Crippen LogP) is 4.95. The third-order valence-corrected chi connectivity index (χ3v) is 8.41. The smallest absolute Gasteiger partial charge is 0.0946 e. The largest absolute Gasteiger partial charge is 0.335 e. The van der Waals surface area contributed by atoms with Gasteiger partial charge in [-0.05, 0) is 55.2 Å². The van der Waals surface area contributed by atoms with E-state index in [9.17, 15) is 0 Å². The lowest BCUT2D eigenvalue weighted by Crippen LogP contribution is -2.33. The third-order valence-electron chi connectivity index (χ3n) is 4.52. The van der Waals surface area contributed by atoms with E-state index in [1.165, 1.54) is 34.6 Å². The molecule has 1 aliphatic rings. The number of aryl methyl sites for hydroxylation is 3.